The van der Waals surface area contributed by atoms with E-state index in [-0.39, 0.29) is 5.91 Å². The summed E-state index contributed by atoms with van der Waals surface area (Å²) < 4.78 is 5.69. The average Bonchev–Trinajstić information content (AvgIpc) is 3.21. The highest BCUT2D eigenvalue weighted by Crippen LogP contribution is 2.28. The van der Waals surface area contributed by atoms with Crippen molar-refractivity contribution >= 4 is 17.7 Å². The predicted molar refractivity (Wildman–Crippen MR) is 119 cm³/mol. The van der Waals surface area contributed by atoms with Gasteiger partial charge in [0.15, 0.2) is 5.76 Å². The van der Waals surface area contributed by atoms with E-state index in [1.165, 1.54) is 25.8 Å². The minimum atomic E-state index is 0.195. The number of hydrogen-bond donors (Lipinski definition) is 1. The molecular formula is C24H37N3O2. The number of allylic oxidation sites excluding steroid dienone is 1. The van der Waals surface area contributed by atoms with Gasteiger partial charge in [0.1, 0.15) is 0 Å². The number of nitrogens with one attached hydrogen (secondary N) is 1. The molecule has 0 radical (unpaired) electrons. The van der Waals surface area contributed by atoms with Crippen LogP contribution in [0, 0.1) is 5.92 Å². The fourth-order valence-electron chi connectivity index (χ4n) is 4.54. The zero-order chi connectivity index (χ0) is 20.6. The molecule has 2 aliphatic rings. The third kappa shape index (κ3) is 5.99. The molecule has 1 N–H and O–H groups in total. The molecule has 2 heterocycles. The molecule has 0 aromatic carbocycles. The Balaban J connectivity index is 1.37. The highest BCUT2D eigenvalue weighted by atomic mass is 16.3. The van der Waals surface area contributed by atoms with Gasteiger partial charge in [-0.2, -0.15) is 0 Å². The van der Waals surface area contributed by atoms with Gasteiger partial charge >= 0.3 is 0 Å². The Bertz CT molecular complexity index is 693. The van der Waals surface area contributed by atoms with Gasteiger partial charge < -0.3 is 14.6 Å². The minimum absolute atomic E-state index is 0.195. The molecule has 1 amide bonds. The summed E-state index contributed by atoms with van der Waals surface area (Å²) in [6, 6.07) is 2.40. The Hall–Kier alpha value is -2.01. The number of rotatable bonds is 8. The second-order valence-corrected chi connectivity index (χ2v) is 8.41. The number of hydrogen-bond acceptors (Lipinski definition) is 4. The van der Waals surface area contributed by atoms with Crippen LogP contribution in [0.4, 0.5) is 0 Å². The quantitative estimate of drug-likeness (QED) is 0.705. The summed E-state index contributed by atoms with van der Waals surface area (Å²) in [6.07, 6.45) is 12.5. The molecule has 0 unspecified atom stereocenters. The monoisotopic (exact) mass is 399 g/mol. The third-order valence-corrected chi connectivity index (χ3v) is 6.44. The molecule has 1 aromatic heterocycles. The SMILES string of the molecule is C=C(c1occc1/C=C\C)N1CCN(CC[C@H]2CC[C@H](NC(=O)CC)CC2)CC1. The molecule has 1 aliphatic carbocycles. The summed E-state index contributed by atoms with van der Waals surface area (Å²) in [4.78, 5) is 16.5. The maximum atomic E-state index is 11.6. The van der Waals surface area contributed by atoms with Crippen molar-refractivity contribution in [1.29, 1.82) is 0 Å². The molecule has 5 heteroatoms. The van der Waals surface area contributed by atoms with Gasteiger partial charge in [-0.3, -0.25) is 9.69 Å². The van der Waals surface area contributed by atoms with E-state index in [0.717, 1.165) is 62.0 Å². The van der Waals surface area contributed by atoms with Gasteiger partial charge in [-0.25, -0.2) is 0 Å². The van der Waals surface area contributed by atoms with E-state index in [2.05, 4.69) is 27.8 Å². The number of furan rings is 1. The number of piperazine rings is 1. The minimum Gasteiger partial charge on any atom is -0.462 e. The second-order valence-electron chi connectivity index (χ2n) is 8.41. The van der Waals surface area contributed by atoms with Crippen molar-refractivity contribution in [3.8, 4) is 0 Å². The Kier molecular flexibility index (Phi) is 7.99. The summed E-state index contributed by atoms with van der Waals surface area (Å²) in [5, 5.41) is 3.16. The summed E-state index contributed by atoms with van der Waals surface area (Å²) in [6.45, 7) is 13.6. The molecule has 3 rings (SSSR count). The van der Waals surface area contributed by atoms with Crippen molar-refractivity contribution in [2.24, 2.45) is 5.92 Å². The smallest absolute Gasteiger partial charge is 0.219 e. The number of nitrogens with zero attached hydrogens (tertiary/aromatic N) is 2. The van der Waals surface area contributed by atoms with Crippen LogP contribution in [0.1, 0.15) is 63.7 Å². The van der Waals surface area contributed by atoms with E-state index < -0.39 is 0 Å². The van der Waals surface area contributed by atoms with Gasteiger partial charge in [0, 0.05) is 44.2 Å². The van der Waals surface area contributed by atoms with Crippen molar-refractivity contribution in [2.45, 2.75) is 58.4 Å². The molecule has 0 atom stereocenters. The lowest BCUT2D eigenvalue weighted by Crippen LogP contribution is -2.46. The molecule has 1 aromatic rings. The summed E-state index contributed by atoms with van der Waals surface area (Å²) in [5.41, 5.74) is 2.10. The van der Waals surface area contributed by atoms with Crippen molar-refractivity contribution in [3.63, 3.8) is 0 Å². The van der Waals surface area contributed by atoms with Crippen molar-refractivity contribution in [1.82, 2.24) is 15.1 Å². The van der Waals surface area contributed by atoms with Gasteiger partial charge in [0.25, 0.3) is 0 Å². The van der Waals surface area contributed by atoms with E-state index in [1.807, 2.05) is 26.0 Å². The lowest BCUT2D eigenvalue weighted by Gasteiger charge is -2.37. The largest absolute Gasteiger partial charge is 0.462 e. The van der Waals surface area contributed by atoms with Crippen LogP contribution in [-0.2, 0) is 4.79 Å². The summed E-state index contributed by atoms with van der Waals surface area (Å²) in [5.74, 6) is 1.90. The van der Waals surface area contributed by atoms with Gasteiger partial charge in [0.2, 0.25) is 5.91 Å². The average molecular weight is 400 g/mol. The number of carbonyl (C=O) groups excluding carboxylic acids is 1. The topological polar surface area (TPSA) is 48.7 Å². The first kappa shape index (κ1) is 21.7. The fourth-order valence-corrected chi connectivity index (χ4v) is 4.54. The summed E-state index contributed by atoms with van der Waals surface area (Å²) in [7, 11) is 0. The van der Waals surface area contributed by atoms with Gasteiger partial charge in [-0.05, 0) is 57.6 Å². The highest BCUT2D eigenvalue weighted by Gasteiger charge is 2.24. The maximum Gasteiger partial charge on any atom is 0.219 e. The molecule has 1 aliphatic heterocycles. The number of amides is 1. The lowest BCUT2D eigenvalue weighted by atomic mass is 9.84. The molecule has 5 nitrogen and oxygen atoms in total. The predicted octanol–water partition coefficient (Wildman–Crippen LogP) is 4.38. The zero-order valence-corrected chi connectivity index (χ0v) is 18.2. The van der Waals surface area contributed by atoms with Crippen molar-refractivity contribution in [2.75, 3.05) is 32.7 Å². The van der Waals surface area contributed by atoms with Crippen LogP contribution in [-0.4, -0.2) is 54.5 Å². The van der Waals surface area contributed by atoms with Crippen molar-refractivity contribution in [3.05, 3.63) is 36.3 Å². The van der Waals surface area contributed by atoms with E-state index in [4.69, 9.17) is 4.42 Å². The molecule has 1 saturated heterocycles. The Labute approximate surface area is 175 Å². The molecule has 0 bridgehead atoms. The van der Waals surface area contributed by atoms with Crippen LogP contribution < -0.4 is 5.32 Å². The van der Waals surface area contributed by atoms with E-state index in [9.17, 15) is 4.79 Å². The molecule has 29 heavy (non-hydrogen) atoms. The van der Waals surface area contributed by atoms with Crippen LogP contribution in [0.25, 0.3) is 11.8 Å². The molecule has 0 spiro atoms. The fraction of sp³-hybridized carbons (Fsp3) is 0.625. The van der Waals surface area contributed by atoms with E-state index in [0.29, 0.717) is 12.5 Å². The lowest BCUT2D eigenvalue weighted by molar-refractivity contribution is -0.121. The zero-order valence-electron chi connectivity index (χ0n) is 18.2. The Morgan fingerprint density at radius 3 is 2.62 bits per heavy atom. The highest BCUT2D eigenvalue weighted by molar-refractivity contribution is 5.75. The molecule has 2 fully saturated rings. The van der Waals surface area contributed by atoms with Gasteiger partial charge in [0.05, 0.1) is 12.0 Å². The van der Waals surface area contributed by atoms with E-state index in [1.54, 1.807) is 6.26 Å². The Morgan fingerprint density at radius 2 is 1.97 bits per heavy atom. The van der Waals surface area contributed by atoms with Gasteiger partial charge in [-0.15, -0.1) is 0 Å². The third-order valence-electron chi connectivity index (χ3n) is 6.44. The standard InChI is InChI=1S/C24H37N3O2/c1-4-6-21-12-18-29-24(21)19(3)27-16-14-26(15-17-27)13-11-20-7-9-22(10-8-20)25-23(28)5-2/h4,6,12,18,20,22H,3,5,7-11,13-17H2,1-2H3,(H,25,28)/b6-4-/t20-,22-. The first-order valence-corrected chi connectivity index (χ1v) is 11.3. The first-order valence-electron chi connectivity index (χ1n) is 11.3. The maximum absolute atomic E-state index is 11.6. The van der Waals surface area contributed by atoms with Crippen LogP contribution >= 0.6 is 0 Å². The molecule has 160 valence electrons. The van der Waals surface area contributed by atoms with Crippen LogP contribution in [0.15, 0.2) is 29.4 Å². The van der Waals surface area contributed by atoms with Crippen LogP contribution in [0.5, 0.6) is 0 Å². The first-order chi connectivity index (χ1) is 14.1. The van der Waals surface area contributed by atoms with Crippen LogP contribution in [0.3, 0.4) is 0 Å². The van der Waals surface area contributed by atoms with Crippen molar-refractivity contribution < 1.29 is 9.21 Å². The molecule has 1 saturated carbocycles. The van der Waals surface area contributed by atoms with Gasteiger partial charge in [-0.1, -0.05) is 25.7 Å². The van der Waals surface area contributed by atoms with Crippen LogP contribution in [0.2, 0.25) is 0 Å². The summed E-state index contributed by atoms with van der Waals surface area (Å²) >= 11 is 0. The number of carbonyl (C=O) groups is 1. The normalized spacial score (nSPS) is 23.4. The Morgan fingerprint density at radius 1 is 1.24 bits per heavy atom. The molecular weight excluding hydrogens is 362 g/mol. The van der Waals surface area contributed by atoms with E-state index >= 15 is 0 Å². The second kappa shape index (κ2) is 10.7.